The van der Waals surface area contributed by atoms with Crippen LogP contribution in [0.25, 0.3) is 0 Å². The number of rotatable bonds is 14. The first-order chi connectivity index (χ1) is 15.6. The molecule has 4 nitrogen and oxygen atoms in total. The van der Waals surface area contributed by atoms with Crippen LogP contribution in [0.1, 0.15) is 62.5 Å². The molecule has 184 valence electrons. The monoisotopic (exact) mass is 728 g/mol. The van der Waals surface area contributed by atoms with Crippen LogP contribution in [0, 0.1) is 0 Å². The first-order valence-corrected chi connectivity index (χ1v) is 16.3. The molecule has 0 heterocycles. The topological polar surface area (TPSA) is 86.2 Å². The molecule has 0 fully saturated rings. The number of hydrogen-bond donors (Lipinski definition) is 2. The third-order valence-corrected chi connectivity index (χ3v) is 10.1. The van der Waals surface area contributed by atoms with Crippen LogP contribution in [0.2, 0.25) is 0 Å². The van der Waals surface area contributed by atoms with Crippen LogP contribution in [-0.4, -0.2) is 19.9 Å². The Hall–Kier alpha value is -0.0900. The normalized spacial score (nSPS) is 11.8. The van der Waals surface area contributed by atoms with Crippen molar-refractivity contribution in [3.8, 4) is 0 Å². The van der Waals surface area contributed by atoms with Crippen molar-refractivity contribution in [2.24, 2.45) is 0 Å². The van der Waals surface area contributed by atoms with Crippen LogP contribution < -0.4 is 11.5 Å². The van der Waals surface area contributed by atoms with E-state index in [1.54, 1.807) is 0 Å². The zero-order chi connectivity index (χ0) is 24.4. The number of unbranched alkanes of at least 4 members (excludes halogenated alkanes) is 6. The Morgan fingerprint density at radius 2 is 0.848 bits per heavy atom. The molecular weight excluding hydrogens is 700 g/mol. The van der Waals surface area contributed by atoms with E-state index in [2.05, 4.69) is 88.0 Å². The van der Waals surface area contributed by atoms with Crippen molar-refractivity contribution in [1.29, 1.82) is 0 Å². The molecule has 2 aromatic carbocycles. The Kier molecular flexibility index (Phi) is 12.8. The van der Waals surface area contributed by atoms with E-state index < -0.39 is 9.84 Å². The lowest BCUT2D eigenvalue weighted by molar-refractivity contribution is 0.580. The molecule has 9 heteroatoms. The van der Waals surface area contributed by atoms with Gasteiger partial charge in [-0.2, -0.15) is 0 Å². The highest BCUT2D eigenvalue weighted by atomic mass is 79.9. The maximum atomic E-state index is 12.3. The smallest absolute Gasteiger partial charge is 0.150 e. The largest absolute Gasteiger partial charge is 0.397 e. The molecule has 0 spiro atoms. The average Bonchev–Trinajstić information content (AvgIpc) is 2.75. The molecule has 0 radical (unpaired) electrons. The molecule has 33 heavy (non-hydrogen) atoms. The summed E-state index contributed by atoms with van der Waals surface area (Å²) in [6.45, 7) is 0. The van der Waals surface area contributed by atoms with Crippen molar-refractivity contribution in [3.05, 3.63) is 53.3 Å². The average molecular weight is 732 g/mol. The summed E-state index contributed by atoms with van der Waals surface area (Å²) in [5.41, 5.74) is 15.7. The Labute approximate surface area is 232 Å². The van der Waals surface area contributed by atoms with E-state index in [0.717, 1.165) is 82.1 Å². The summed E-state index contributed by atoms with van der Waals surface area (Å²) in [6, 6.07) is 8.22. The minimum absolute atomic E-state index is 0.305. The van der Waals surface area contributed by atoms with Crippen molar-refractivity contribution in [2.45, 2.75) is 64.2 Å². The van der Waals surface area contributed by atoms with E-state index in [1.807, 2.05) is 0 Å². The quantitative estimate of drug-likeness (QED) is 0.152. The van der Waals surface area contributed by atoms with Crippen LogP contribution in [-0.2, 0) is 22.7 Å². The van der Waals surface area contributed by atoms with Gasteiger partial charge in [0, 0.05) is 17.9 Å². The van der Waals surface area contributed by atoms with Gasteiger partial charge in [0.25, 0.3) is 0 Å². The fourth-order valence-electron chi connectivity index (χ4n) is 3.67. The second kappa shape index (κ2) is 14.5. The lowest BCUT2D eigenvalue weighted by Crippen LogP contribution is -2.11. The van der Waals surface area contributed by atoms with Gasteiger partial charge in [-0.1, -0.05) is 25.7 Å². The number of aryl methyl sites for hydroxylation is 2. The van der Waals surface area contributed by atoms with Gasteiger partial charge in [0.2, 0.25) is 0 Å². The molecule has 0 aliphatic heterocycles. The second-order valence-electron chi connectivity index (χ2n) is 8.43. The summed E-state index contributed by atoms with van der Waals surface area (Å²) in [5.74, 6) is 0.610. The molecule has 0 amide bonds. The molecule has 2 aromatic rings. The third-order valence-electron chi connectivity index (χ3n) is 5.62. The van der Waals surface area contributed by atoms with Crippen molar-refractivity contribution < 1.29 is 8.42 Å². The Morgan fingerprint density at radius 1 is 0.545 bits per heavy atom. The van der Waals surface area contributed by atoms with Gasteiger partial charge in [0.15, 0.2) is 0 Å². The summed E-state index contributed by atoms with van der Waals surface area (Å²) in [6.07, 6.45) is 9.49. The zero-order valence-corrected chi connectivity index (χ0v) is 25.8. The standard InChI is InChI=1S/C24H32Br4N2O2S/c25-19-13-17(14-20(26)23(19)29)9-5-1-3-7-11-33(31,32)12-8-4-2-6-10-18-15-21(27)24(30)22(28)16-18/h13-16H,1-12,29-30H2. The highest BCUT2D eigenvalue weighted by Gasteiger charge is 2.10. The minimum Gasteiger partial charge on any atom is -0.397 e. The number of sulfone groups is 1. The lowest BCUT2D eigenvalue weighted by Gasteiger charge is -2.08. The number of anilines is 2. The molecule has 0 aromatic heterocycles. The van der Waals surface area contributed by atoms with Gasteiger partial charge in [0.1, 0.15) is 9.84 Å². The molecule has 0 unspecified atom stereocenters. The molecule has 0 saturated carbocycles. The van der Waals surface area contributed by atoms with Gasteiger partial charge in [-0.25, -0.2) is 8.42 Å². The van der Waals surface area contributed by atoms with Crippen molar-refractivity contribution >= 4 is 84.9 Å². The lowest BCUT2D eigenvalue weighted by atomic mass is 10.1. The third kappa shape index (κ3) is 10.6. The first-order valence-electron chi connectivity index (χ1n) is 11.3. The minimum atomic E-state index is -2.94. The molecule has 0 atom stereocenters. The highest BCUT2D eigenvalue weighted by Crippen LogP contribution is 2.31. The fourth-order valence-corrected chi connectivity index (χ4v) is 7.73. The van der Waals surface area contributed by atoms with Gasteiger partial charge >= 0.3 is 0 Å². The summed E-state index contributed by atoms with van der Waals surface area (Å²) >= 11 is 13.9. The molecule has 4 N–H and O–H groups in total. The van der Waals surface area contributed by atoms with Gasteiger partial charge < -0.3 is 11.5 Å². The van der Waals surface area contributed by atoms with Crippen LogP contribution in [0.3, 0.4) is 0 Å². The highest BCUT2D eigenvalue weighted by molar-refractivity contribution is 9.11. The van der Waals surface area contributed by atoms with Crippen LogP contribution in [0.15, 0.2) is 42.2 Å². The van der Waals surface area contributed by atoms with E-state index in [1.165, 1.54) is 11.1 Å². The SMILES string of the molecule is Nc1c(Br)cc(CCCCCCS(=O)(=O)CCCCCCc2cc(Br)c(N)c(Br)c2)cc1Br. The van der Waals surface area contributed by atoms with Gasteiger partial charge in [0.05, 0.1) is 22.9 Å². The predicted molar refractivity (Wildman–Crippen MR) is 156 cm³/mol. The number of benzene rings is 2. The molecule has 0 bridgehead atoms. The molecule has 0 aliphatic rings. The number of nitrogens with two attached hydrogens (primary N) is 2. The summed E-state index contributed by atoms with van der Waals surface area (Å²) in [7, 11) is -2.94. The maximum Gasteiger partial charge on any atom is 0.150 e. The number of nitrogen functional groups attached to an aromatic ring is 2. The van der Waals surface area contributed by atoms with E-state index in [-0.39, 0.29) is 0 Å². The Bertz CT molecular complexity index is 908. The van der Waals surface area contributed by atoms with Gasteiger partial charge in [-0.3, -0.25) is 0 Å². The number of hydrogen-bond acceptors (Lipinski definition) is 4. The first kappa shape index (κ1) is 29.1. The second-order valence-corrected chi connectivity index (χ2v) is 14.1. The van der Waals surface area contributed by atoms with E-state index >= 15 is 0 Å². The summed E-state index contributed by atoms with van der Waals surface area (Å²) < 4.78 is 28.2. The van der Waals surface area contributed by atoms with Crippen LogP contribution in [0.4, 0.5) is 11.4 Å². The Balaban J connectivity index is 1.54. The number of halogens is 4. The molecular formula is C24H32Br4N2O2S. The molecule has 0 aliphatic carbocycles. The maximum absolute atomic E-state index is 12.3. The predicted octanol–water partition coefficient (Wildman–Crippen LogP) is 8.22. The summed E-state index contributed by atoms with van der Waals surface area (Å²) in [5, 5.41) is 0. The zero-order valence-electron chi connectivity index (χ0n) is 18.7. The van der Waals surface area contributed by atoms with Crippen molar-refractivity contribution in [2.75, 3.05) is 23.0 Å². The van der Waals surface area contributed by atoms with Crippen molar-refractivity contribution in [1.82, 2.24) is 0 Å². The van der Waals surface area contributed by atoms with Crippen molar-refractivity contribution in [3.63, 3.8) is 0 Å². The van der Waals surface area contributed by atoms with Crippen LogP contribution in [0.5, 0.6) is 0 Å². The molecule has 0 saturated heterocycles. The molecule has 2 rings (SSSR count). The van der Waals surface area contributed by atoms with Gasteiger partial charge in [-0.05, 0) is 138 Å². The summed E-state index contributed by atoms with van der Waals surface area (Å²) in [4.78, 5) is 0. The van der Waals surface area contributed by atoms with Crippen LogP contribution >= 0.6 is 63.7 Å². The van der Waals surface area contributed by atoms with E-state index in [4.69, 9.17) is 11.5 Å². The Morgan fingerprint density at radius 3 is 1.18 bits per heavy atom. The van der Waals surface area contributed by atoms with E-state index in [9.17, 15) is 8.42 Å². The fraction of sp³-hybridized carbons (Fsp3) is 0.500. The van der Waals surface area contributed by atoms with E-state index in [0.29, 0.717) is 22.9 Å². The van der Waals surface area contributed by atoms with Gasteiger partial charge in [-0.15, -0.1) is 0 Å².